The first-order chi connectivity index (χ1) is 14.0. The normalized spacial score (nSPS) is 17.7. The predicted molar refractivity (Wildman–Crippen MR) is 120 cm³/mol. The number of hydrogen-bond acceptors (Lipinski definition) is 3. The van der Waals surface area contributed by atoms with E-state index in [1.54, 1.807) is 0 Å². The van der Waals surface area contributed by atoms with Crippen molar-refractivity contribution in [2.24, 2.45) is 5.92 Å². The molecule has 0 unspecified atom stereocenters. The fourth-order valence-corrected chi connectivity index (χ4v) is 4.34. The Labute approximate surface area is 180 Å². The number of imidazole rings is 1. The molecular weight excluding hydrogens is 428 g/mol. The number of amides is 1. The Bertz CT molecular complexity index is 996. The second kappa shape index (κ2) is 8.67. The van der Waals surface area contributed by atoms with Crippen LogP contribution in [0.4, 0.5) is 0 Å². The van der Waals surface area contributed by atoms with E-state index in [1.165, 1.54) is 0 Å². The Kier molecular flexibility index (Phi) is 6.01. The molecule has 152 valence electrons. The minimum atomic E-state index is 0.0525. The molecule has 1 fully saturated rings. The van der Waals surface area contributed by atoms with Crippen molar-refractivity contribution in [3.05, 3.63) is 58.8 Å². The van der Waals surface area contributed by atoms with Crippen LogP contribution in [-0.4, -0.2) is 39.5 Å². The summed E-state index contributed by atoms with van der Waals surface area (Å²) in [5.41, 5.74) is 3.20. The molecule has 1 atom stereocenters. The molecule has 1 saturated heterocycles. The molecule has 29 heavy (non-hydrogen) atoms. The monoisotopic (exact) mass is 454 g/mol. The number of carbonyl (C=O) groups is 1. The van der Waals surface area contributed by atoms with Gasteiger partial charge in [0, 0.05) is 22.7 Å². The SMILES string of the molecule is CC(C)NC(=O)[C@H]1CCCN(Cc2nc3ccccc3n2-c2ccc(Br)cc2)C1. The van der Waals surface area contributed by atoms with Gasteiger partial charge < -0.3 is 5.32 Å². The molecule has 0 bridgehead atoms. The van der Waals surface area contributed by atoms with Crippen molar-refractivity contribution in [3.63, 3.8) is 0 Å². The van der Waals surface area contributed by atoms with Crippen LogP contribution in [0.3, 0.4) is 0 Å². The molecular formula is C23H27BrN4O. The van der Waals surface area contributed by atoms with Gasteiger partial charge in [0.15, 0.2) is 0 Å². The molecule has 5 nitrogen and oxygen atoms in total. The number of aromatic nitrogens is 2. The molecule has 1 aliphatic heterocycles. The third-order valence-corrected chi connectivity index (χ3v) is 5.92. The largest absolute Gasteiger partial charge is 0.354 e. The van der Waals surface area contributed by atoms with Crippen LogP contribution in [0.25, 0.3) is 16.7 Å². The van der Waals surface area contributed by atoms with Gasteiger partial charge in [-0.1, -0.05) is 28.1 Å². The second-order valence-electron chi connectivity index (χ2n) is 8.07. The van der Waals surface area contributed by atoms with Crippen molar-refractivity contribution in [2.45, 2.75) is 39.3 Å². The number of para-hydroxylation sites is 2. The third-order valence-electron chi connectivity index (χ3n) is 5.39. The molecule has 4 rings (SSSR count). The number of fused-ring (bicyclic) bond motifs is 1. The summed E-state index contributed by atoms with van der Waals surface area (Å²) in [7, 11) is 0. The fourth-order valence-electron chi connectivity index (χ4n) is 4.08. The van der Waals surface area contributed by atoms with Gasteiger partial charge in [0.05, 0.1) is 23.5 Å². The van der Waals surface area contributed by atoms with E-state index in [-0.39, 0.29) is 17.9 Å². The van der Waals surface area contributed by atoms with Gasteiger partial charge in [0.1, 0.15) is 5.82 Å². The zero-order chi connectivity index (χ0) is 20.4. The lowest BCUT2D eigenvalue weighted by molar-refractivity contribution is -0.127. The molecule has 1 aromatic heterocycles. The van der Waals surface area contributed by atoms with Crippen LogP contribution >= 0.6 is 15.9 Å². The van der Waals surface area contributed by atoms with Gasteiger partial charge in [0.2, 0.25) is 5.91 Å². The van der Waals surface area contributed by atoms with Crippen molar-refractivity contribution >= 4 is 32.9 Å². The summed E-state index contributed by atoms with van der Waals surface area (Å²) < 4.78 is 3.29. The molecule has 0 aliphatic carbocycles. The molecule has 2 aromatic carbocycles. The van der Waals surface area contributed by atoms with Crippen LogP contribution in [-0.2, 0) is 11.3 Å². The second-order valence-corrected chi connectivity index (χ2v) is 8.98. The third kappa shape index (κ3) is 4.54. The summed E-state index contributed by atoms with van der Waals surface area (Å²) in [5.74, 6) is 1.24. The maximum Gasteiger partial charge on any atom is 0.224 e. The first kappa shape index (κ1) is 20.1. The van der Waals surface area contributed by atoms with E-state index in [1.807, 2.05) is 19.9 Å². The minimum absolute atomic E-state index is 0.0525. The summed E-state index contributed by atoms with van der Waals surface area (Å²) >= 11 is 3.52. The van der Waals surface area contributed by atoms with Gasteiger partial charge in [-0.05, 0) is 69.6 Å². The van der Waals surface area contributed by atoms with E-state index in [0.717, 1.165) is 59.5 Å². The molecule has 0 spiro atoms. The number of halogens is 1. The van der Waals surface area contributed by atoms with Crippen molar-refractivity contribution < 1.29 is 4.79 Å². The van der Waals surface area contributed by atoms with E-state index in [2.05, 4.69) is 73.2 Å². The van der Waals surface area contributed by atoms with Crippen LogP contribution in [0.15, 0.2) is 53.0 Å². The Balaban J connectivity index is 1.61. The van der Waals surface area contributed by atoms with Crippen LogP contribution in [0, 0.1) is 5.92 Å². The first-order valence-corrected chi connectivity index (χ1v) is 11.1. The van der Waals surface area contributed by atoms with Crippen molar-refractivity contribution in [2.75, 3.05) is 13.1 Å². The molecule has 1 N–H and O–H groups in total. The standard InChI is InChI=1S/C23H27BrN4O/c1-16(2)25-23(29)17-6-5-13-27(14-17)15-22-26-20-7-3-4-8-21(20)28(22)19-11-9-18(24)10-12-19/h3-4,7-12,16-17H,5-6,13-15H2,1-2H3,(H,25,29)/t17-/m0/s1. The summed E-state index contributed by atoms with van der Waals surface area (Å²) in [6.07, 6.45) is 1.99. The number of nitrogens with one attached hydrogen (secondary N) is 1. The fraction of sp³-hybridized carbons (Fsp3) is 0.391. The minimum Gasteiger partial charge on any atom is -0.354 e. The van der Waals surface area contributed by atoms with E-state index in [0.29, 0.717) is 0 Å². The molecule has 1 aliphatic rings. The highest BCUT2D eigenvalue weighted by molar-refractivity contribution is 9.10. The van der Waals surface area contributed by atoms with Gasteiger partial charge in [-0.25, -0.2) is 4.98 Å². The number of rotatable bonds is 5. The first-order valence-electron chi connectivity index (χ1n) is 10.3. The Hall–Kier alpha value is -2.18. The zero-order valence-electron chi connectivity index (χ0n) is 16.9. The number of likely N-dealkylation sites (tertiary alicyclic amines) is 1. The Morgan fingerprint density at radius 2 is 1.97 bits per heavy atom. The molecule has 2 heterocycles. The van der Waals surface area contributed by atoms with Gasteiger partial charge in [-0.3, -0.25) is 14.3 Å². The predicted octanol–water partition coefficient (Wildman–Crippen LogP) is 4.52. The highest BCUT2D eigenvalue weighted by Crippen LogP contribution is 2.25. The number of nitrogens with zero attached hydrogens (tertiary/aromatic N) is 3. The number of carbonyl (C=O) groups excluding carboxylic acids is 1. The lowest BCUT2D eigenvalue weighted by Gasteiger charge is -2.32. The van der Waals surface area contributed by atoms with Crippen LogP contribution in [0.2, 0.25) is 0 Å². The van der Waals surface area contributed by atoms with Crippen molar-refractivity contribution in [1.82, 2.24) is 19.8 Å². The van der Waals surface area contributed by atoms with Crippen LogP contribution in [0.5, 0.6) is 0 Å². The summed E-state index contributed by atoms with van der Waals surface area (Å²) in [5, 5.41) is 3.07. The van der Waals surface area contributed by atoms with Crippen LogP contribution in [0.1, 0.15) is 32.5 Å². The van der Waals surface area contributed by atoms with Crippen molar-refractivity contribution in [3.8, 4) is 5.69 Å². The highest BCUT2D eigenvalue weighted by atomic mass is 79.9. The summed E-state index contributed by atoms with van der Waals surface area (Å²) in [6, 6.07) is 16.8. The van der Waals surface area contributed by atoms with Gasteiger partial charge in [-0.15, -0.1) is 0 Å². The lowest BCUT2D eigenvalue weighted by Crippen LogP contribution is -2.44. The molecule has 6 heteroatoms. The summed E-state index contributed by atoms with van der Waals surface area (Å²) in [6.45, 7) is 6.53. The van der Waals surface area contributed by atoms with E-state index in [4.69, 9.17) is 4.98 Å². The van der Waals surface area contributed by atoms with Gasteiger partial charge in [-0.2, -0.15) is 0 Å². The lowest BCUT2D eigenvalue weighted by atomic mass is 9.97. The smallest absolute Gasteiger partial charge is 0.224 e. The highest BCUT2D eigenvalue weighted by Gasteiger charge is 2.27. The molecule has 0 radical (unpaired) electrons. The van der Waals surface area contributed by atoms with Crippen LogP contribution < -0.4 is 5.32 Å². The topological polar surface area (TPSA) is 50.2 Å². The van der Waals surface area contributed by atoms with E-state index < -0.39 is 0 Å². The summed E-state index contributed by atoms with van der Waals surface area (Å²) in [4.78, 5) is 19.8. The molecule has 3 aromatic rings. The zero-order valence-corrected chi connectivity index (χ0v) is 18.5. The number of piperidine rings is 1. The quantitative estimate of drug-likeness (QED) is 0.616. The Morgan fingerprint density at radius 1 is 1.21 bits per heavy atom. The van der Waals surface area contributed by atoms with Crippen molar-refractivity contribution in [1.29, 1.82) is 0 Å². The van der Waals surface area contributed by atoms with E-state index >= 15 is 0 Å². The number of benzene rings is 2. The Morgan fingerprint density at radius 3 is 2.72 bits per heavy atom. The van der Waals surface area contributed by atoms with Gasteiger partial charge in [0.25, 0.3) is 0 Å². The average Bonchev–Trinajstić information content (AvgIpc) is 3.06. The van der Waals surface area contributed by atoms with E-state index in [9.17, 15) is 4.79 Å². The molecule has 0 saturated carbocycles. The molecule has 1 amide bonds. The van der Waals surface area contributed by atoms with Gasteiger partial charge >= 0.3 is 0 Å². The maximum atomic E-state index is 12.5. The maximum absolute atomic E-state index is 12.5. The number of hydrogen-bond donors (Lipinski definition) is 1. The average molecular weight is 455 g/mol.